The molecule has 8 nitrogen and oxygen atoms in total. The number of hydrogen-bond acceptors (Lipinski definition) is 6. The second-order valence-corrected chi connectivity index (χ2v) is 8.09. The summed E-state index contributed by atoms with van der Waals surface area (Å²) in [7, 11) is -2.36. The van der Waals surface area contributed by atoms with Crippen LogP contribution in [-0.4, -0.2) is 20.5 Å². The van der Waals surface area contributed by atoms with Gasteiger partial charge in [0.15, 0.2) is 11.8 Å². The van der Waals surface area contributed by atoms with Gasteiger partial charge in [-0.15, -0.1) is 0 Å². The molecule has 0 bridgehead atoms. The van der Waals surface area contributed by atoms with Gasteiger partial charge in [0.2, 0.25) is 5.89 Å². The summed E-state index contributed by atoms with van der Waals surface area (Å²) in [6.07, 6.45) is 1.24. The number of anilines is 1. The van der Waals surface area contributed by atoms with Crippen LogP contribution in [0, 0.1) is 5.21 Å². The summed E-state index contributed by atoms with van der Waals surface area (Å²) in [5.74, 6) is 0.755. The molecule has 0 fully saturated rings. The van der Waals surface area contributed by atoms with E-state index in [1.807, 2.05) is 0 Å². The number of aromatic nitrogens is 2. The fourth-order valence-corrected chi connectivity index (χ4v) is 3.94. The monoisotopic (exact) mass is 431 g/mol. The van der Waals surface area contributed by atoms with Crippen LogP contribution in [0.1, 0.15) is 0 Å². The SMILES string of the molecule is COc1ccc(S(=O)(=O)Nc2cccc3nc(-c4cc[n+]([O-])c(Cl)c4)oc23)cc1. The Morgan fingerprint density at radius 1 is 1.17 bits per heavy atom. The first kappa shape index (κ1) is 19.0. The predicted molar refractivity (Wildman–Crippen MR) is 107 cm³/mol. The summed E-state index contributed by atoms with van der Waals surface area (Å²) >= 11 is 5.85. The van der Waals surface area contributed by atoms with Crippen LogP contribution in [-0.2, 0) is 10.0 Å². The van der Waals surface area contributed by atoms with Gasteiger partial charge in [-0.05, 0) is 48.0 Å². The fraction of sp³-hybridized carbons (Fsp3) is 0.0526. The standard InChI is InChI=1S/C19H14ClN3O5S/c1-27-13-5-7-14(8-6-13)29(25,26)22-16-4-2-3-15-18(16)28-19(21-15)12-9-10-23(24)17(20)11-12/h2-11,22H,1H3. The number of halogens is 1. The average molecular weight is 432 g/mol. The first-order chi connectivity index (χ1) is 13.9. The van der Waals surface area contributed by atoms with Gasteiger partial charge in [0.1, 0.15) is 11.3 Å². The number of oxazole rings is 1. The summed E-state index contributed by atoms with van der Waals surface area (Å²) in [5, 5.41) is 11.4. The maximum Gasteiger partial charge on any atom is 0.287 e. The highest BCUT2D eigenvalue weighted by atomic mass is 35.5. The molecule has 0 radical (unpaired) electrons. The van der Waals surface area contributed by atoms with Crippen LogP contribution in [0.5, 0.6) is 5.75 Å². The van der Waals surface area contributed by atoms with Gasteiger partial charge in [-0.1, -0.05) is 6.07 Å². The molecule has 4 rings (SSSR count). The van der Waals surface area contributed by atoms with Crippen LogP contribution in [0.3, 0.4) is 0 Å². The van der Waals surface area contributed by atoms with Crippen molar-refractivity contribution >= 4 is 38.4 Å². The van der Waals surface area contributed by atoms with Crippen LogP contribution in [0.15, 0.2) is 70.1 Å². The number of pyridine rings is 1. The summed E-state index contributed by atoms with van der Waals surface area (Å²) < 4.78 is 39.3. The van der Waals surface area contributed by atoms with Crippen molar-refractivity contribution in [3.63, 3.8) is 0 Å². The van der Waals surface area contributed by atoms with Crippen molar-refractivity contribution < 1.29 is 22.3 Å². The van der Waals surface area contributed by atoms with Crippen molar-refractivity contribution in [1.29, 1.82) is 0 Å². The van der Waals surface area contributed by atoms with Crippen LogP contribution < -0.4 is 14.2 Å². The zero-order valence-electron chi connectivity index (χ0n) is 15.0. The van der Waals surface area contributed by atoms with E-state index in [4.69, 9.17) is 20.8 Å². The molecule has 0 spiro atoms. The number of nitrogens with one attached hydrogen (secondary N) is 1. The Morgan fingerprint density at radius 3 is 2.62 bits per heavy atom. The number of nitrogens with zero attached hydrogens (tertiary/aromatic N) is 2. The Morgan fingerprint density at radius 2 is 1.93 bits per heavy atom. The molecule has 29 heavy (non-hydrogen) atoms. The van der Waals surface area contributed by atoms with E-state index in [1.54, 1.807) is 30.3 Å². The van der Waals surface area contributed by atoms with Gasteiger partial charge in [0, 0.05) is 12.1 Å². The molecule has 0 saturated carbocycles. The third-order valence-corrected chi connectivity index (χ3v) is 5.81. The van der Waals surface area contributed by atoms with E-state index >= 15 is 0 Å². The number of fused-ring (bicyclic) bond motifs is 1. The quantitative estimate of drug-likeness (QED) is 0.294. The molecule has 0 aliphatic rings. The molecule has 2 heterocycles. The largest absolute Gasteiger partial charge is 0.618 e. The first-order valence-electron chi connectivity index (χ1n) is 8.33. The molecule has 10 heteroatoms. The number of sulfonamides is 1. The second-order valence-electron chi connectivity index (χ2n) is 6.02. The Labute approximate surface area is 171 Å². The van der Waals surface area contributed by atoms with E-state index in [1.165, 1.54) is 37.6 Å². The second kappa shape index (κ2) is 7.26. The minimum Gasteiger partial charge on any atom is -0.618 e. The van der Waals surface area contributed by atoms with E-state index in [-0.39, 0.29) is 27.2 Å². The van der Waals surface area contributed by atoms with Gasteiger partial charge in [0.05, 0.1) is 23.3 Å². The van der Waals surface area contributed by atoms with Gasteiger partial charge in [0.25, 0.3) is 15.2 Å². The van der Waals surface area contributed by atoms with Crippen molar-refractivity contribution in [1.82, 2.24) is 4.98 Å². The summed E-state index contributed by atoms with van der Waals surface area (Å²) in [5.41, 5.74) is 1.43. The van der Waals surface area contributed by atoms with Crippen molar-refractivity contribution in [2.75, 3.05) is 11.8 Å². The summed E-state index contributed by atoms with van der Waals surface area (Å²) in [6, 6.07) is 13.8. The zero-order valence-corrected chi connectivity index (χ0v) is 16.6. The average Bonchev–Trinajstić information content (AvgIpc) is 3.15. The smallest absolute Gasteiger partial charge is 0.287 e. The third kappa shape index (κ3) is 3.69. The molecule has 4 aromatic rings. The highest BCUT2D eigenvalue weighted by Crippen LogP contribution is 2.31. The Hall–Kier alpha value is -3.30. The van der Waals surface area contributed by atoms with Gasteiger partial charge in [-0.2, -0.15) is 4.73 Å². The van der Waals surface area contributed by atoms with Crippen molar-refractivity contribution in [2.45, 2.75) is 4.90 Å². The maximum absolute atomic E-state index is 12.7. The lowest BCUT2D eigenvalue weighted by Crippen LogP contribution is -2.26. The number of benzene rings is 2. The molecule has 1 N–H and O–H groups in total. The number of hydrogen-bond donors (Lipinski definition) is 1. The number of ether oxygens (including phenoxy) is 1. The highest BCUT2D eigenvalue weighted by Gasteiger charge is 2.19. The van der Waals surface area contributed by atoms with E-state index in [0.29, 0.717) is 21.6 Å². The van der Waals surface area contributed by atoms with Crippen LogP contribution >= 0.6 is 11.6 Å². The molecule has 0 aliphatic carbocycles. The van der Waals surface area contributed by atoms with Gasteiger partial charge < -0.3 is 14.4 Å². The lowest BCUT2D eigenvalue weighted by atomic mass is 10.3. The van der Waals surface area contributed by atoms with Crippen LogP contribution in [0.25, 0.3) is 22.6 Å². The normalized spacial score (nSPS) is 11.5. The Bertz CT molecular complexity index is 1300. The Balaban J connectivity index is 1.72. The molecular formula is C19H14ClN3O5S. The van der Waals surface area contributed by atoms with E-state index < -0.39 is 10.0 Å². The van der Waals surface area contributed by atoms with Crippen LogP contribution in [0.2, 0.25) is 5.15 Å². The first-order valence-corrected chi connectivity index (χ1v) is 10.2. The van der Waals surface area contributed by atoms with E-state index in [2.05, 4.69) is 9.71 Å². The number of methoxy groups -OCH3 is 1. The molecule has 0 unspecified atom stereocenters. The van der Waals surface area contributed by atoms with Crippen molar-refractivity contribution in [3.05, 3.63) is 71.2 Å². The molecule has 0 amide bonds. The molecule has 2 aromatic heterocycles. The maximum atomic E-state index is 12.7. The topological polar surface area (TPSA) is 108 Å². The van der Waals surface area contributed by atoms with Crippen LogP contribution in [0.4, 0.5) is 5.69 Å². The molecule has 148 valence electrons. The minimum atomic E-state index is -3.86. The lowest BCUT2D eigenvalue weighted by molar-refractivity contribution is -0.602. The summed E-state index contributed by atoms with van der Waals surface area (Å²) in [6.45, 7) is 0. The third-order valence-electron chi connectivity index (χ3n) is 4.15. The van der Waals surface area contributed by atoms with Gasteiger partial charge in [-0.25, -0.2) is 13.4 Å². The molecule has 0 saturated heterocycles. The molecular weight excluding hydrogens is 418 g/mol. The molecule has 0 atom stereocenters. The van der Waals surface area contributed by atoms with Crippen molar-refractivity contribution in [3.8, 4) is 17.2 Å². The van der Waals surface area contributed by atoms with Gasteiger partial charge >= 0.3 is 0 Å². The number of para-hydroxylation sites is 1. The van der Waals surface area contributed by atoms with Crippen molar-refractivity contribution in [2.24, 2.45) is 0 Å². The minimum absolute atomic E-state index is 0.0369. The molecule has 2 aromatic carbocycles. The lowest BCUT2D eigenvalue weighted by Gasteiger charge is -2.08. The molecule has 0 aliphatic heterocycles. The van der Waals surface area contributed by atoms with E-state index in [0.717, 1.165) is 0 Å². The van der Waals surface area contributed by atoms with E-state index in [9.17, 15) is 13.6 Å². The number of rotatable bonds is 5. The Kier molecular flexibility index (Phi) is 4.77. The zero-order chi connectivity index (χ0) is 20.6. The predicted octanol–water partition coefficient (Wildman–Crippen LogP) is 3.59. The summed E-state index contributed by atoms with van der Waals surface area (Å²) in [4.78, 5) is 4.43. The fourth-order valence-electron chi connectivity index (χ4n) is 2.70. The highest BCUT2D eigenvalue weighted by molar-refractivity contribution is 7.92. The van der Waals surface area contributed by atoms with Gasteiger partial charge in [-0.3, -0.25) is 4.72 Å².